The van der Waals surface area contributed by atoms with Crippen molar-refractivity contribution in [2.45, 2.75) is 45.6 Å². The van der Waals surface area contributed by atoms with Gasteiger partial charge in [-0.15, -0.1) is 0 Å². The molecular formula is C22H28N4O. The molecule has 1 aliphatic rings. The monoisotopic (exact) mass is 364 g/mol. The van der Waals surface area contributed by atoms with Gasteiger partial charge in [-0.25, -0.2) is 4.99 Å². The van der Waals surface area contributed by atoms with Gasteiger partial charge in [0.1, 0.15) is 0 Å². The van der Waals surface area contributed by atoms with Crippen LogP contribution in [0.25, 0.3) is 0 Å². The van der Waals surface area contributed by atoms with E-state index in [1.165, 1.54) is 5.56 Å². The normalized spacial score (nSPS) is 14.9. The summed E-state index contributed by atoms with van der Waals surface area (Å²) in [5.41, 5.74) is 10.0. The Morgan fingerprint density at radius 3 is 2.48 bits per heavy atom. The number of nitrogens with two attached hydrogens (primary N) is 1. The summed E-state index contributed by atoms with van der Waals surface area (Å²) >= 11 is 0. The summed E-state index contributed by atoms with van der Waals surface area (Å²) in [6.45, 7) is 2.58. The Balaban J connectivity index is 1.56. The molecule has 2 aromatic carbocycles. The summed E-state index contributed by atoms with van der Waals surface area (Å²) in [5.74, 6) is 0.662. The van der Waals surface area contributed by atoms with Gasteiger partial charge in [0.15, 0.2) is 5.96 Å². The second-order valence-electron chi connectivity index (χ2n) is 7.05. The third-order valence-electron chi connectivity index (χ3n) is 4.99. The Hall–Kier alpha value is -2.82. The Bertz CT molecular complexity index is 792. The third-order valence-corrected chi connectivity index (χ3v) is 4.99. The van der Waals surface area contributed by atoms with Crippen LogP contribution in [0.1, 0.15) is 43.7 Å². The van der Waals surface area contributed by atoms with Crippen molar-refractivity contribution in [2.24, 2.45) is 16.6 Å². The fourth-order valence-electron chi connectivity index (χ4n) is 3.37. The molecule has 0 spiro atoms. The van der Waals surface area contributed by atoms with Gasteiger partial charge in [-0.1, -0.05) is 44.0 Å². The summed E-state index contributed by atoms with van der Waals surface area (Å²) in [5, 5.41) is 6.13. The van der Waals surface area contributed by atoms with E-state index in [0.29, 0.717) is 12.5 Å². The average molecular weight is 364 g/mol. The molecule has 27 heavy (non-hydrogen) atoms. The minimum atomic E-state index is 0.129. The van der Waals surface area contributed by atoms with Crippen molar-refractivity contribution in [1.29, 1.82) is 0 Å². The van der Waals surface area contributed by atoms with Crippen molar-refractivity contribution < 1.29 is 4.79 Å². The molecule has 0 saturated heterocycles. The molecule has 2 aromatic rings. The summed E-state index contributed by atoms with van der Waals surface area (Å²) in [7, 11) is 0. The number of aryl methyl sites for hydroxylation is 1. The number of carbonyl (C=O) groups excluding carboxylic acids is 1. The Morgan fingerprint density at radius 1 is 1.04 bits per heavy atom. The number of nitrogens with one attached hydrogen (secondary N) is 2. The smallest absolute Gasteiger partial charge is 0.227 e. The molecule has 1 aliphatic carbocycles. The minimum absolute atomic E-state index is 0.129. The van der Waals surface area contributed by atoms with E-state index in [4.69, 9.17) is 5.73 Å². The lowest BCUT2D eigenvalue weighted by atomic mass is 10.1. The first kappa shape index (κ1) is 19.0. The van der Waals surface area contributed by atoms with E-state index < -0.39 is 0 Å². The molecule has 0 bridgehead atoms. The molecule has 1 saturated carbocycles. The first-order valence-corrected chi connectivity index (χ1v) is 9.69. The molecule has 4 N–H and O–H groups in total. The van der Waals surface area contributed by atoms with Crippen molar-refractivity contribution in [3.8, 4) is 0 Å². The molecule has 3 rings (SSSR count). The zero-order valence-corrected chi connectivity index (χ0v) is 15.9. The molecule has 0 aliphatic heterocycles. The van der Waals surface area contributed by atoms with Gasteiger partial charge in [0.25, 0.3) is 0 Å². The van der Waals surface area contributed by atoms with Gasteiger partial charge in [0, 0.05) is 17.3 Å². The van der Waals surface area contributed by atoms with Crippen molar-refractivity contribution in [1.82, 2.24) is 0 Å². The number of nitrogens with zero attached hydrogens (tertiary/aromatic N) is 1. The van der Waals surface area contributed by atoms with Crippen LogP contribution in [0.15, 0.2) is 53.5 Å². The zero-order chi connectivity index (χ0) is 19.1. The van der Waals surface area contributed by atoms with Gasteiger partial charge in [0.05, 0.1) is 6.54 Å². The van der Waals surface area contributed by atoms with E-state index in [0.717, 1.165) is 49.0 Å². The lowest BCUT2D eigenvalue weighted by Gasteiger charge is -2.11. The van der Waals surface area contributed by atoms with Crippen molar-refractivity contribution >= 4 is 23.2 Å². The van der Waals surface area contributed by atoms with Crippen LogP contribution in [0, 0.1) is 5.92 Å². The molecular weight excluding hydrogens is 336 g/mol. The number of rotatable bonds is 6. The number of benzene rings is 2. The highest BCUT2D eigenvalue weighted by Crippen LogP contribution is 2.26. The van der Waals surface area contributed by atoms with Gasteiger partial charge in [-0.2, -0.15) is 0 Å². The molecule has 5 nitrogen and oxygen atoms in total. The predicted octanol–water partition coefficient (Wildman–Crippen LogP) is 4.30. The van der Waals surface area contributed by atoms with Crippen LogP contribution in [0.4, 0.5) is 11.4 Å². The van der Waals surface area contributed by atoms with Crippen LogP contribution >= 0.6 is 0 Å². The van der Waals surface area contributed by atoms with Crippen molar-refractivity contribution in [3.63, 3.8) is 0 Å². The molecule has 0 aromatic heterocycles. The van der Waals surface area contributed by atoms with E-state index in [1.54, 1.807) is 0 Å². The van der Waals surface area contributed by atoms with E-state index in [2.05, 4.69) is 34.7 Å². The van der Waals surface area contributed by atoms with Gasteiger partial charge < -0.3 is 16.4 Å². The molecule has 0 radical (unpaired) electrons. The molecule has 1 amide bonds. The first-order chi connectivity index (χ1) is 13.1. The van der Waals surface area contributed by atoms with E-state index >= 15 is 0 Å². The van der Waals surface area contributed by atoms with Crippen LogP contribution in [-0.4, -0.2) is 11.9 Å². The fourth-order valence-corrected chi connectivity index (χ4v) is 3.37. The van der Waals surface area contributed by atoms with Crippen LogP contribution in [0.2, 0.25) is 0 Å². The molecule has 0 heterocycles. The molecule has 5 heteroatoms. The number of guanidine groups is 1. The minimum Gasteiger partial charge on any atom is -0.370 e. The molecule has 0 atom stereocenters. The Morgan fingerprint density at radius 2 is 1.78 bits per heavy atom. The number of hydrogen-bond donors (Lipinski definition) is 3. The Kier molecular flexibility index (Phi) is 6.47. The lowest BCUT2D eigenvalue weighted by Crippen LogP contribution is -2.22. The van der Waals surface area contributed by atoms with Gasteiger partial charge in [-0.3, -0.25) is 4.79 Å². The van der Waals surface area contributed by atoms with E-state index in [9.17, 15) is 4.79 Å². The maximum absolute atomic E-state index is 12.3. The molecule has 0 unspecified atom stereocenters. The van der Waals surface area contributed by atoms with Crippen LogP contribution < -0.4 is 16.4 Å². The highest BCUT2D eigenvalue weighted by Gasteiger charge is 2.22. The molecule has 1 fully saturated rings. The SMILES string of the molecule is CCc1ccc(NC(N)=NCc2cccc(NC(=O)C3CCCC3)c2)cc1. The number of carbonyl (C=O) groups is 1. The van der Waals surface area contributed by atoms with E-state index in [1.807, 2.05) is 36.4 Å². The predicted molar refractivity (Wildman–Crippen MR) is 112 cm³/mol. The van der Waals surface area contributed by atoms with Gasteiger partial charge >= 0.3 is 0 Å². The largest absolute Gasteiger partial charge is 0.370 e. The quantitative estimate of drug-likeness (QED) is 0.528. The zero-order valence-electron chi connectivity index (χ0n) is 15.9. The lowest BCUT2D eigenvalue weighted by molar-refractivity contribution is -0.119. The van der Waals surface area contributed by atoms with Crippen molar-refractivity contribution in [2.75, 3.05) is 10.6 Å². The third kappa shape index (κ3) is 5.58. The standard InChI is InChI=1S/C22H28N4O/c1-2-16-10-12-19(13-11-16)26-22(23)24-15-17-6-5-9-20(14-17)25-21(27)18-7-3-4-8-18/h5-6,9-14,18H,2-4,7-8,15H2,1H3,(H,25,27)(H3,23,24,26). The maximum Gasteiger partial charge on any atom is 0.227 e. The highest BCUT2D eigenvalue weighted by atomic mass is 16.1. The average Bonchev–Trinajstić information content (AvgIpc) is 3.22. The summed E-state index contributed by atoms with van der Waals surface area (Å²) in [4.78, 5) is 16.7. The number of amides is 1. The first-order valence-electron chi connectivity index (χ1n) is 9.69. The van der Waals surface area contributed by atoms with Crippen LogP contribution in [0.3, 0.4) is 0 Å². The van der Waals surface area contributed by atoms with Crippen LogP contribution in [0.5, 0.6) is 0 Å². The second kappa shape index (κ2) is 9.21. The van der Waals surface area contributed by atoms with Crippen LogP contribution in [-0.2, 0) is 17.8 Å². The fraction of sp³-hybridized carbons (Fsp3) is 0.364. The molecule has 142 valence electrons. The highest BCUT2D eigenvalue weighted by molar-refractivity contribution is 5.93. The van der Waals surface area contributed by atoms with E-state index in [-0.39, 0.29) is 11.8 Å². The van der Waals surface area contributed by atoms with Crippen molar-refractivity contribution in [3.05, 3.63) is 59.7 Å². The Labute approximate surface area is 161 Å². The summed E-state index contributed by atoms with van der Waals surface area (Å²) < 4.78 is 0. The van der Waals surface area contributed by atoms with Gasteiger partial charge in [0.2, 0.25) is 5.91 Å². The maximum atomic E-state index is 12.3. The number of anilines is 2. The van der Waals surface area contributed by atoms with Gasteiger partial charge in [-0.05, 0) is 54.7 Å². The summed E-state index contributed by atoms with van der Waals surface area (Å²) in [6.07, 6.45) is 5.31. The summed E-state index contributed by atoms with van der Waals surface area (Å²) in [6, 6.07) is 15.9. The topological polar surface area (TPSA) is 79.5 Å². The number of aliphatic imine (C=N–C) groups is 1. The number of hydrogen-bond acceptors (Lipinski definition) is 2. The second-order valence-corrected chi connectivity index (χ2v) is 7.05.